The van der Waals surface area contributed by atoms with Crippen LogP contribution >= 0.6 is 0 Å². The summed E-state index contributed by atoms with van der Waals surface area (Å²) in [6.45, 7) is 6.94. The molecule has 4 aromatic rings. The van der Waals surface area contributed by atoms with Crippen molar-refractivity contribution in [1.82, 2.24) is 10.5 Å². The molecule has 0 spiro atoms. The van der Waals surface area contributed by atoms with Crippen LogP contribution in [0.2, 0.25) is 0 Å². The Morgan fingerprint density at radius 1 is 1.14 bits per heavy atom. The fourth-order valence-electron chi connectivity index (χ4n) is 4.69. The Morgan fingerprint density at radius 3 is 2.57 bits per heavy atom. The van der Waals surface area contributed by atoms with Crippen molar-refractivity contribution in [3.8, 4) is 17.1 Å². The van der Waals surface area contributed by atoms with Crippen molar-refractivity contribution in [2.24, 2.45) is 0 Å². The minimum atomic E-state index is -0.363. The van der Waals surface area contributed by atoms with Crippen molar-refractivity contribution in [2.75, 3.05) is 38.3 Å². The molecular weight excluding hydrogens is 477 g/mol. The van der Waals surface area contributed by atoms with Gasteiger partial charge in [-0.1, -0.05) is 19.0 Å². The van der Waals surface area contributed by atoms with E-state index in [-0.39, 0.29) is 18.3 Å². The zero-order chi connectivity index (χ0) is 25.9. The normalized spacial score (nSPS) is 13.8. The second-order valence-electron chi connectivity index (χ2n) is 8.83. The van der Waals surface area contributed by atoms with Crippen molar-refractivity contribution in [3.63, 3.8) is 0 Å². The number of morpholine rings is 1. The van der Waals surface area contributed by atoms with E-state index in [0.717, 1.165) is 29.1 Å². The molecule has 1 fully saturated rings. The van der Waals surface area contributed by atoms with Crippen LogP contribution in [0.3, 0.4) is 0 Å². The summed E-state index contributed by atoms with van der Waals surface area (Å²) in [4.78, 5) is 15.2. The maximum absolute atomic E-state index is 13.6. The maximum atomic E-state index is 13.6. The van der Waals surface area contributed by atoms with Gasteiger partial charge in [0.1, 0.15) is 35.3 Å². The number of hydrogen-bond acceptors (Lipinski definition) is 7. The van der Waals surface area contributed by atoms with Crippen LogP contribution < -0.4 is 15.0 Å². The number of carbonyl (C=O) groups is 1. The summed E-state index contributed by atoms with van der Waals surface area (Å²) >= 11 is 0. The summed E-state index contributed by atoms with van der Waals surface area (Å²) in [5.74, 6) is 1.14. The molecule has 5 rings (SSSR count). The van der Waals surface area contributed by atoms with Crippen LogP contribution in [0.5, 0.6) is 5.75 Å². The van der Waals surface area contributed by atoms with Crippen molar-refractivity contribution in [1.29, 1.82) is 0 Å². The van der Waals surface area contributed by atoms with Crippen LogP contribution in [-0.4, -0.2) is 44.4 Å². The van der Waals surface area contributed by atoms with E-state index >= 15 is 0 Å². The number of furan rings is 1. The van der Waals surface area contributed by atoms with Gasteiger partial charge in [-0.15, -0.1) is 0 Å². The molecule has 1 amide bonds. The number of halogens is 1. The molecule has 9 heteroatoms. The molecule has 3 heterocycles. The van der Waals surface area contributed by atoms with Gasteiger partial charge in [-0.05, 0) is 36.8 Å². The summed E-state index contributed by atoms with van der Waals surface area (Å²) in [5, 5.41) is 7.51. The topological polar surface area (TPSA) is 90.0 Å². The third-order valence-electron chi connectivity index (χ3n) is 6.66. The highest BCUT2D eigenvalue weighted by molar-refractivity contribution is 6.12. The van der Waals surface area contributed by atoms with Gasteiger partial charge in [0.05, 0.1) is 35.7 Å². The molecule has 194 valence electrons. The molecule has 1 saturated heterocycles. The van der Waals surface area contributed by atoms with Gasteiger partial charge in [-0.3, -0.25) is 4.79 Å². The Hall–Kier alpha value is -3.85. The SMILES string of the molecule is CCc1noc(CC)c1COc1cc2c(C(=O)NC)c(-c3ccc(F)cc3)oc2cc1N1CCOCC1. The van der Waals surface area contributed by atoms with Gasteiger partial charge in [0.15, 0.2) is 0 Å². The number of rotatable bonds is 8. The lowest BCUT2D eigenvalue weighted by Crippen LogP contribution is -2.36. The Balaban J connectivity index is 1.64. The van der Waals surface area contributed by atoms with E-state index in [0.29, 0.717) is 66.3 Å². The fraction of sp³-hybridized carbons (Fsp3) is 0.357. The monoisotopic (exact) mass is 507 g/mol. The van der Waals surface area contributed by atoms with Crippen molar-refractivity contribution in [3.05, 3.63) is 64.8 Å². The highest BCUT2D eigenvalue weighted by Gasteiger charge is 2.26. The zero-order valence-electron chi connectivity index (χ0n) is 21.2. The predicted octanol–water partition coefficient (Wildman–Crippen LogP) is 5.13. The number of nitrogens with zero attached hydrogens (tertiary/aromatic N) is 2. The second kappa shape index (κ2) is 10.6. The molecular formula is C28H30FN3O5. The smallest absolute Gasteiger partial charge is 0.255 e. The highest BCUT2D eigenvalue weighted by atomic mass is 19.1. The lowest BCUT2D eigenvalue weighted by molar-refractivity contribution is 0.0964. The van der Waals surface area contributed by atoms with E-state index in [1.54, 1.807) is 19.2 Å². The number of nitrogens with one attached hydrogen (secondary N) is 1. The molecule has 0 unspecified atom stereocenters. The summed E-state index contributed by atoms with van der Waals surface area (Å²) in [5.41, 5.74) is 4.20. The first-order chi connectivity index (χ1) is 18.0. The first kappa shape index (κ1) is 24.8. The first-order valence-electron chi connectivity index (χ1n) is 12.5. The standard InChI is InChI=1S/C28H30FN3O5/c1-4-21-20(23(5-2)37-31-21)16-35-25-14-19-24(15-22(25)32-10-12-34-13-11-32)36-27(26(19)28(33)30-3)17-6-8-18(29)9-7-17/h6-9,14-15H,4-5,10-13,16H2,1-3H3,(H,30,33). The third-order valence-corrected chi connectivity index (χ3v) is 6.66. The lowest BCUT2D eigenvalue weighted by atomic mass is 10.0. The Kier molecular flexibility index (Phi) is 7.14. The summed E-state index contributed by atoms with van der Waals surface area (Å²) in [6.07, 6.45) is 1.45. The number of ether oxygens (including phenoxy) is 2. The van der Waals surface area contributed by atoms with Gasteiger partial charge in [0.2, 0.25) is 0 Å². The van der Waals surface area contributed by atoms with E-state index in [2.05, 4.69) is 15.4 Å². The molecule has 0 saturated carbocycles. The van der Waals surface area contributed by atoms with Gasteiger partial charge in [-0.25, -0.2) is 4.39 Å². The fourth-order valence-corrected chi connectivity index (χ4v) is 4.69. The van der Waals surface area contributed by atoms with Crippen LogP contribution in [-0.2, 0) is 24.2 Å². The zero-order valence-corrected chi connectivity index (χ0v) is 21.2. The largest absolute Gasteiger partial charge is 0.486 e. The number of aromatic nitrogens is 1. The summed E-state index contributed by atoms with van der Waals surface area (Å²) in [6, 6.07) is 9.66. The molecule has 1 N–H and O–H groups in total. The number of fused-ring (bicyclic) bond motifs is 1. The molecule has 0 aliphatic carbocycles. The molecule has 1 aliphatic rings. The summed E-state index contributed by atoms with van der Waals surface area (Å²) in [7, 11) is 1.57. The number of carbonyl (C=O) groups excluding carboxylic acids is 1. The van der Waals surface area contributed by atoms with Crippen molar-refractivity contribution in [2.45, 2.75) is 33.3 Å². The van der Waals surface area contributed by atoms with Crippen LogP contribution in [0.4, 0.5) is 10.1 Å². The number of aryl methyl sites for hydroxylation is 2. The highest BCUT2D eigenvalue weighted by Crippen LogP contribution is 2.41. The summed E-state index contributed by atoms with van der Waals surface area (Å²) < 4.78 is 37.3. The molecule has 0 bridgehead atoms. The van der Waals surface area contributed by atoms with Gasteiger partial charge in [0, 0.05) is 43.6 Å². The first-order valence-corrected chi connectivity index (χ1v) is 12.5. The molecule has 1 aliphatic heterocycles. The van der Waals surface area contributed by atoms with E-state index < -0.39 is 0 Å². The van der Waals surface area contributed by atoms with Crippen LogP contribution in [0.15, 0.2) is 45.3 Å². The lowest BCUT2D eigenvalue weighted by Gasteiger charge is -2.30. The maximum Gasteiger partial charge on any atom is 0.255 e. The second-order valence-corrected chi connectivity index (χ2v) is 8.83. The number of hydrogen-bond donors (Lipinski definition) is 1. The van der Waals surface area contributed by atoms with Gasteiger partial charge < -0.3 is 28.6 Å². The average molecular weight is 508 g/mol. The van der Waals surface area contributed by atoms with E-state index in [1.807, 2.05) is 26.0 Å². The minimum absolute atomic E-state index is 0.288. The molecule has 8 nitrogen and oxygen atoms in total. The third kappa shape index (κ3) is 4.79. The van der Waals surface area contributed by atoms with Gasteiger partial charge >= 0.3 is 0 Å². The van der Waals surface area contributed by atoms with Crippen LogP contribution in [0, 0.1) is 5.82 Å². The van der Waals surface area contributed by atoms with Gasteiger partial charge in [0.25, 0.3) is 5.91 Å². The van der Waals surface area contributed by atoms with E-state index in [4.69, 9.17) is 18.4 Å². The molecule has 2 aromatic carbocycles. The Morgan fingerprint density at radius 2 is 1.89 bits per heavy atom. The van der Waals surface area contributed by atoms with Crippen LogP contribution in [0.1, 0.15) is 41.2 Å². The predicted molar refractivity (Wildman–Crippen MR) is 138 cm³/mol. The van der Waals surface area contributed by atoms with Crippen molar-refractivity contribution >= 4 is 22.6 Å². The molecule has 0 atom stereocenters. The number of amides is 1. The van der Waals surface area contributed by atoms with E-state index in [1.165, 1.54) is 12.1 Å². The molecule has 0 radical (unpaired) electrons. The van der Waals surface area contributed by atoms with Gasteiger partial charge in [-0.2, -0.15) is 0 Å². The molecule has 37 heavy (non-hydrogen) atoms. The molecule has 2 aromatic heterocycles. The Labute approximate surface area is 214 Å². The van der Waals surface area contributed by atoms with Crippen LogP contribution in [0.25, 0.3) is 22.3 Å². The minimum Gasteiger partial charge on any atom is -0.486 e. The quantitative estimate of drug-likeness (QED) is 0.354. The average Bonchev–Trinajstić information content (AvgIpc) is 3.52. The Bertz CT molecular complexity index is 1380. The number of anilines is 1. The van der Waals surface area contributed by atoms with Crippen molar-refractivity contribution < 1.29 is 27.6 Å². The number of benzene rings is 2. The van der Waals surface area contributed by atoms with E-state index in [9.17, 15) is 9.18 Å².